The molecule has 0 aliphatic carbocycles. The van der Waals surface area contributed by atoms with Crippen molar-refractivity contribution in [2.45, 2.75) is 19.8 Å². The Balaban J connectivity index is 2.16. The predicted octanol–water partition coefficient (Wildman–Crippen LogP) is 3.47. The van der Waals surface area contributed by atoms with Gasteiger partial charge in [-0.3, -0.25) is 4.98 Å². The molecule has 17 heavy (non-hydrogen) atoms. The predicted molar refractivity (Wildman–Crippen MR) is 72.3 cm³/mol. The van der Waals surface area contributed by atoms with Gasteiger partial charge in [0.05, 0.1) is 10.7 Å². The second-order valence-electron chi connectivity index (χ2n) is 4.04. The fraction of sp³-hybridized carbons (Fsp3) is 0.214. The average Bonchev–Trinajstić information content (AvgIpc) is 2.35. The van der Waals surface area contributed by atoms with Gasteiger partial charge in [0.15, 0.2) is 0 Å². The quantitative estimate of drug-likeness (QED) is 0.843. The van der Waals surface area contributed by atoms with Gasteiger partial charge in [0, 0.05) is 18.3 Å². The molecule has 0 spiro atoms. The van der Waals surface area contributed by atoms with E-state index in [4.69, 9.17) is 17.3 Å². The van der Waals surface area contributed by atoms with Crippen molar-refractivity contribution in [1.29, 1.82) is 0 Å². The van der Waals surface area contributed by atoms with E-state index in [1.54, 1.807) is 0 Å². The van der Waals surface area contributed by atoms with Gasteiger partial charge < -0.3 is 5.73 Å². The summed E-state index contributed by atoms with van der Waals surface area (Å²) in [4.78, 5) is 4.42. The zero-order valence-corrected chi connectivity index (χ0v) is 10.5. The molecule has 1 aromatic carbocycles. The van der Waals surface area contributed by atoms with Gasteiger partial charge in [-0.1, -0.05) is 30.7 Å². The first-order valence-corrected chi connectivity index (χ1v) is 6.04. The molecule has 88 valence electrons. The van der Waals surface area contributed by atoms with Crippen LogP contribution in [0.15, 0.2) is 36.5 Å². The van der Waals surface area contributed by atoms with E-state index in [1.165, 1.54) is 5.56 Å². The van der Waals surface area contributed by atoms with Crippen molar-refractivity contribution in [1.82, 2.24) is 4.98 Å². The number of rotatable bonds is 3. The molecule has 2 aromatic rings. The van der Waals surface area contributed by atoms with Gasteiger partial charge in [-0.15, -0.1) is 0 Å². The smallest absolute Gasteiger partial charge is 0.0638 e. The number of hydrogen-bond donors (Lipinski definition) is 1. The number of benzene rings is 1. The summed E-state index contributed by atoms with van der Waals surface area (Å²) in [7, 11) is 0. The highest BCUT2D eigenvalue weighted by Crippen LogP contribution is 2.21. The molecule has 2 N–H and O–H groups in total. The Labute approximate surface area is 106 Å². The minimum atomic E-state index is 0.604. The van der Waals surface area contributed by atoms with Crippen LogP contribution in [-0.2, 0) is 12.8 Å². The Hall–Kier alpha value is -1.54. The van der Waals surface area contributed by atoms with E-state index in [0.717, 1.165) is 24.1 Å². The molecule has 0 aliphatic rings. The van der Waals surface area contributed by atoms with E-state index in [-0.39, 0.29) is 0 Å². The van der Waals surface area contributed by atoms with Gasteiger partial charge >= 0.3 is 0 Å². The summed E-state index contributed by atoms with van der Waals surface area (Å²) in [6.07, 6.45) is 3.72. The summed E-state index contributed by atoms with van der Waals surface area (Å²) in [5, 5.41) is 0.604. The minimum absolute atomic E-state index is 0.604. The van der Waals surface area contributed by atoms with Gasteiger partial charge in [-0.2, -0.15) is 0 Å². The molecule has 0 bridgehead atoms. The highest BCUT2D eigenvalue weighted by Gasteiger charge is 2.01. The van der Waals surface area contributed by atoms with Crippen molar-refractivity contribution in [3.05, 3.63) is 58.4 Å². The number of anilines is 1. The first-order valence-electron chi connectivity index (χ1n) is 5.66. The van der Waals surface area contributed by atoms with E-state index in [9.17, 15) is 0 Å². The summed E-state index contributed by atoms with van der Waals surface area (Å²) in [6.45, 7) is 2.12. The summed E-state index contributed by atoms with van der Waals surface area (Å²) in [5.41, 5.74) is 9.71. The van der Waals surface area contributed by atoms with E-state index in [0.29, 0.717) is 10.7 Å². The minimum Gasteiger partial charge on any atom is -0.398 e. The number of nitrogens with zero attached hydrogens (tertiary/aromatic N) is 1. The molecule has 0 unspecified atom stereocenters. The summed E-state index contributed by atoms with van der Waals surface area (Å²) < 4.78 is 0. The van der Waals surface area contributed by atoms with Crippen molar-refractivity contribution in [3.63, 3.8) is 0 Å². The van der Waals surface area contributed by atoms with Crippen molar-refractivity contribution in [2.24, 2.45) is 0 Å². The van der Waals surface area contributed by atoms with E-state index >= 15 is 0 Å². The zero-order chi connectivity index (χ0) is 12.3. The van der Waals surface area contributed by atoms with Crippen molar-refractivity contribution in [2.75, 3.05) is 5.73 Å². The van der Waals surface area contributed by atoms with Crippen LogP contribution in [0.4, 0.5) is 5.69 Å². The summed E-state index contributed by atoms with van der Waals surface area (Å²) in [5.74, 6) is 0. The van der Waals surface area contributed by atoms with Gasteiger partial charge in [-0.05, 0) is 35.7 Å². The fourth-order valence-corrected chi connectivity index (χ4v) is 1.86. The molecular weight excluding hydrogens is 232 g/mol. The average molecular weight is 247 g/mol. The lowest BCUT2D eigenvalue weighted by Gasteiger charge is -2.04. The van der Waals surface area contributed by atoms with Crippen LogP contribution in [-0.4, -0.2) is 4.98 Å². The number of nitrogen functional groups attached to an aromatic ring is 1. The maximum absolute atomic E-state index is 5.98. The van der Waals surface area contributed by atoms with Crippen molar-refractivity contribution in [3.8, 4) is 0 Å². The van der Waals surface area contributed by atoms with E-state index < -0.39 is 0 Å². The third kappa shape index (κ3) is 2.98. The van der Waals surface area contributed by atoms with E-state index in [2.05, 4.69) is 24.0 Å². The summed E-state index contributed by atoms with van der Waals surface area (Å²) in [6, 6.07) is 9.88. The SMILES string of the molecule is CCc1ccc(Cc2ccc(N)c(Cl)c2)nc1. The Kier molecular flexibility index (Phi) is 3.64. The lowest BCUT2D eigenvalue weighted by atomic mass is 10.1. The van der Waals surface area contributed by atoms with Crippen LogP contribution >= 0.6 is 11.6 Å². The van der Waals surface area contributed by atoms with Crippen LogP contribution in [0.25, 0.3) is 0 Å². The topological polar surface area (TPSA) is 38.9 Å². The van der Waals surface area contributed by atoms with Gasteiger partial charge in [0.1, 0.15) is 0 Å². The second-order valence-corrected chi connectivity index (χ2v) is 4.45. The zero-order valence-electron chi connectivity index (χ0n) is 9.78. The third-order valence-corrected chi connectivity index (χ3v) is 3.07. The number of aromatic nitrogens is 1. The van der Waals surface area contributed by atoms with Crippen LogP contribution < -0.4 is 5.73 Å². The molecule has 0 radical (unpaired) electrons. The fourth-order valence-electron chi connectivity index (χ4n) is 1.66. The lowest BCUT2D eigenvalue weighted by molar-refractivity contribution is 1.03. The van der Waals surface area contributed by atoms with Crippen LogP contribution in [0.3, 0.4) is 0 Å². The molecule has 2 rings (SSSR count). The molecule has 0 saturated carbocycles. The van der Waals surface area contributed by atoms with Crippen LogP contribution in [0, 0.1) is 0 Å². The number of hydrogen-bond acceptors (Lipinski definition) is 2. The van der Waals surface area contributed by atoms with Gasteiger partial charge in [0.25, 0.3) is 0 Å². The second kappa shape index (κ2) is 5.19. The van der Waals surface area contributed by atoms with Crippen LogP contribution in [0.2, 0.25) is 5.02 Å². The Morgan fingerprint density at radius 3 is 2.53 bits per heavy atom. The van der Waals surface area contributed by atoms with E-state index in [1.807, 2.05) is 24.4 Å². The molecule has 2 nitrogen and oxygen atoms in total. The normalized spacial score (nSPS) is 10.5. The molecule has 0 atom stereocenters. The first kappa shape index (κ1) is 11.9. The van der Waals surface area contributed by atoms with Crippen molar-refractivity contribution >= 4 is 17.3 Å². The number of pyridine rings is 1. The Morgan fingerprint density at radius 2 is 1.94 bits per heavy atom. The Morgan fingerprint density at radius 1 is 1.18 bits per heavy atom. The molecule has 1 heterocycles. The molecule has 0 amide bonds. The highest BCUT2D eigenvalue weighted by molar-refractivity contribution is 6.33. The summed E-state index contributed by atoms with van der Waals surface area (Å²) >= 11 is 5.98. The van der Waals surface area contributed by atoms with Crippen molar-refractivity contribution < 1.29 is 0 Å². The molecule has 0 fully saturated rings. The van der Waals surface area contributed by atoms with Crippen LogP contribution in [0.5, 0.6) is 0 Å². The molecule has 3 heteroatoms. The largest absolute Gasteiger partial charge is 0.398 e. The molecule has 0 saturated heterocycles. The number of aryl methyl sites for hydroxylation is 1. The Bertz CT molecular complexity index is 506. The number of halogens is 1. The molecule has 0 aliphatic heterocycles. The standard InChI is InChI=1S/C14H15ClN2/c1-2-10-3-5-12(17-9-10)7-11-4-6-14(16)13(15)8-11/h3-6,8-9H,2,7,16H2,1H3. The highest BCUT2D eigenvalue weighted by atomic mass is 35.5. The van der Waals surface area contributed by atoms with Gasteiger partial charge in [0.2, 0.25) is 0 Å². The first-order chi connectivity index (χ1) is 8.19. The van der Waals surface area contributed by atoms with Crippen LogP contribution in [0.1, 0.15) is 23.7 Å². The maximum Gasteiger partial charge on any atom is 0.0638 e. The molecule has 1 aromatic heterocycles. The maximum atomic E-state index is 5.98. The monoisotopic (exact) mass is 246 g/mol. The molecular formula is C14H15ClN2. The van der Waals surface area contributed by atoms with Gasteiger partial charge in [-0.25, -0.2) is 0 Å². The lowest BCUT2D eigenvalue weighted by Crippen LogP contribution is -1.94. The third-order valence-electron chi connectivity index (χ3n) is 2.74. The number of nitrogens with two attached hydrogens (primary N) is 1.